The molecule has 8 heteroatoms. The number of carbonyl (C=O) groups is 5. The lowest BCUT2D eigenvalue weighted by Crippen LogP contribution is -2.29. The van der Waals surface area contributed by atoms with E-state index in [1.54, 1.807) is 0 Å². The minimum atomic E-state index is -1.06. The van der Waals surface area contributed by atoms with Gasteiger partial charge in [-0.25, -0.2) is 0 Å². The van der Waals surface area contributed by atoms with Crippen LogP contribution in [0, 0.1) is 5.92 Å². The number of nitrogens with one attached hydrogen (secondary N) is 1. The topological polar surface area (TPSA) is 138 Å². The number of amides is 1. The van der Waals surface area contributed by atoms with Gasteiger partial charge in [-0.1, -0.05) is 77.0 Å². The smallest absolute Gasteiger partial charge is 0.306 e. The number of ketones is 2. The highest BCUT2D eigenvalue weighted by molar-refractivity contribution is 5.86. The molecule has 0 heterocycles. The zero-order valence-corrected chi connectivity index (χ0v) is 21.7. The number of aliphatic carboxylic acids is 2. The molecule has 1 atom stereocenters. The number of Topliss-reactive ketones (excluding diaryl/α,β-unsaturated/α-hetero) is 2. The van der Waals surface area contributed by atoms with E-state index in [4.69, 9.17) is 5.11 Å². The molecule has 1 amide bonds. The predicted molar refractivity (Wildman–Crippen MR) is 135 cm³/mol. The molecule has 0 radical (unpaired) electrons. The Morgan fingerprint density at radius 2 is 1.06 bits per heavy atom. The lowest BCUT2D eigenvalue weighted by molar-refractivity contribution is -0.144. The Morgan fingerprint density at radius 1 is 0.629 bits per heavy atom. The van der Waals surface area contributed by atoms with Crippen molar-refractivity contribution in [1.82, 2.24) is 5.32 Å². The normalized spacial score (nSPS) is 11.7. The standard InChI is InChI=1S/C27H47NO7/c1-22(29)21-28-25(31)19-18-23(27(34)35)20-24(30)16-14-12-10-8-6-4-2-3-5-7-9-11-13-15-17-26(32)33/h23H,2-21H2,1H3,(H,28,31)(H,32,33)(H,34,35)/t23-/m1/s1. The van der Waals surface area contributed by atoms with Crippen molar-refractivity contribution in [2.45, 2.75) is 129 Å². The summed E-state index contributed by atoms with van der Waals surface area (Å²) in [6, 6.07) is 0. The van der Waals surface area contributed by atoms with Crippen molar-refractivity contribution in [3.63, 3.8) is 0 Å². The Labute approximate surface area is 210 Å². The fraction of sp³-hybridized carbons (Fsp3) is 0.815. The first kappa shape index (κ1) is 32.8. The summed E-state index contributed by atoms with van der Waals surface area (Å²) in [7, 11) is 0. The highest BCUT2D eigenvalue weighted by Gasteiger charge is 2.22. The number of hydrogen-bond donors (Lipinski definition) is 3. The van der Waals surface area contributed by atoms with E-state index in [0.717, 1.165) is 44.9 Å². The van der Waals surface area contributed by atoms with Crippen molar-refractivity contribution in [3.05, 3.63) is 0 Å². The summed E-state index contributed by atoms with van der Waals surface area (Å²) in [5.41, 5.74) is 0. The van der Waals surface area contributed by atoms with Crippen LogP contribution in [0.25, 0.3) is 0 Å². The number of carboxylic acid groups (broad SMARTS) is 2. The van der Waals surface area contributed by atoms with Crippen molar-refractivity contribution >= 4 is 29.4 Å². The van der Waals surface area contributed by atoms with Crippen LogP contribution in [0.1, 0.15) is 129 Å². The Hall–Kier alpha value is -2.25. The van der Waals surface area contributed by atoms with Gasteiger partial charge < -0.3 is 15.5 Å². The van der Waals surface area contributed by atoms with Gasteiger partial charge in [0.15, 0.2) is 0 Å². The van der Waals surface area contributed by atoms with Gasteiger partial charge >= 0.3 is 11.9 Å². The number of hydrogen-bond acceptors (Lipinski definition) is 5. The van der Waals surface area contributed by atoms with E-state index in [0.29, 0.717) is 6.42 Å². The Balaban J connectivity index is 3.60. The van der Waals surface area contributed by atoms with E-state index < -0.39 is 17.9 Å². The molecule has 0 aromatic carbocycles. The van der Waals surface area contributed by atoms with Crippen molar-refractivity contribution in [2.75, 3.05) is 6.54 Å². The molecule has 8 nitrogen and oxygen atoms in total. The summed E-state index contributed by atoms with van der Waals surface area (Å²) in [6.45, 7) is 1.30. The average Bonchev–Trinajstić information content (AvgIpc) is 2.79. The van der Waals surface area contributed by atoms with Gasteiger partial charge in [-0.3, -0.25) is 24.0 Å². The lowest BCUT2D eigenvalue weighted by Gasteiger charge is -2.11. The van der Waals surface area contributed by atoms with Crippen molar-refractivity contribution in [3.8, 4) is 0 Å². The van der Waals surface area contributed by atoms with Crippen LogP contribution in [0.2, 0.25) is 0 Å². The second kappa shape index (κ2) is 22.2. The van der Waals surface area contributed by atoms with Crippen LogP contribution in [0.4, 0.5) is 0 Å². The number of unbranched alkanes of at least 4 members (excludes halogenated alkanes) is 13. The van der Waals surface area contributed by atoms with E-state index in [9.17, 15) is 29.1 Å². The molecule has 0 saturated heterocycles. The molecule has 202 valence electrons. The first-order valence-corrected chi connectivity index (χ1v) is 13.4. The van der Waals surface area contributed by atoms with E-state index in [-0.39, 0.29) is 49.7 Å². The Bertz CT molecular complexity index is 633. The fourth-order valence-corrected chi connectivity index (χ4v) is 4.03. The number of carboxylic acids is 2. The third-order valence-electron chi connectivity index (χ3n) is 6.17. The zero-order valence-electron chi connectivity index (χ0n) is 21.7. The molecule has 35 heavy (non-hydrogen) atoms. The molecule has 0 fully saturated rings. The average molecular weight is 498 g/mol. The van der Waals surface area contributed by atoms with E-state index in [1.807, 2.05) is 0 Å². The first-order valence-electron chi connectivity index (χ1n) is 13.4. The van der Waals surface area contributed by atoms with Crippen molar-refractivity contribution < 1.29 is 34.2 Å². The highest BCUT2D eigenvalue weighted by atomic mass is 16.4. The minimum Gasteiger partial charge on any atom is -0.481 e. The molecule has 0 aromatic heterocycles. The molecule has 0 saturated carbocycles. The largest absolute Gasteiger partial charge is 0.481 e. The summed E-state index contributed by atoms with van der Waals surface area (Å²) < 4.78 is 0. The zero-order chi connectivity index (χ0) is 26.3. The highest BCUT2D eigenvalue weighted by Crippen LogP contribution is 2.17. The van der Waals surface area contributed by atoms with E-state index >= 15 is 0 Å². The summed E-state index contributed by atoms with van der Waals surface area (Å²) >= 11 is 0. The molecule has 0 aliphatic rings. The first-order chi connectivity index (χ1) is 16.7. The predicted octanol–water partition coefficient (Wildman–Crippen LogP) is 5.46. The van der Waals surface area contributed by atoms with Crippen LogP contribution in [0.5, 0.6) is 0 Å². The maximum absolute atomic E-state index is 12.1. The molecule has 0 bridgehead atoms. The molecule has 0 aliphatic carbocycles. The van der Waals surface area contributed by atoms with Crippen molar-refractivity contribution in [1.29, 1.82) is 0 Å². The molecule has 0 spiro atoms. The molecule has 0 rings (SSSR count). The minimum absolute atomic E-state index is 0.00781. The third kappa shape index (κ3) is 23.3. The van der Waals surface area contributed by atoms with Gasteiger partial charge in [-0.05, 0) is 26.2 Å². The van der Waals surface area contributed by atoms with Gasteiger partial charge in [0.25, 0.3) is 0 Å². The molecular weight excluding hydrogens is 450 g/mol. The van der Waals surface area contributed by atoms with Gasteiger partial charge in [-0.15, -0.1) is 0 Å². The lowest BCUT2D eigenvalue weighted by atomic mass is 9.94. The second-order valence-corrected chi connectivity index (χ2v) is 9.64. The van der Waals surface area contributed by atoms with E-state index in [1.165, 1.54) is 51.9 Å². The SMILES string of the molecule is CC(=O)CNC(=O)CC[C@H](CC(=O)CCCCCCCCCCCCCCCCC(=O)O)C(=O)O. The van der Waals surface area contributed by atoms with Crippen LogP contribution in [-0.4, -0.2) is 46.2 Å². The third-order valence-corrected chi connectivity index (χ3v) is 6.17. The van der Waals surface area contributed by atoms with Gasteiger partial charge in [-0.2, -0.15) is 0 Å². The molecule has 0 unspecified atom stereocenters. The molecular formula is C27H47NO7. The summed E-state index contributed by atoms with van der Waals surface area (Å²) in [5.74, 6) is -3.23. The van der Waals surface area contributed by atoms with Gasteiger partial charge in [0.05, 0.1) is 12.5 Å². The number of carbonyl (C=O) groups excluding carboxylic acids is 3. The summed E-state index contributed by atoms with van der Waals surface area (Å²) in [4.78, 5) is 56.5. The molecule has 3 N–H and O–H groups in total. The number of rotatable bonds is 25. The Morgan fingerprint density at radius 3 is 1.46 bits per heavy atom. The fourth-order valence-electron chi connectivity index (χ4n) is 4.03. The van der Waals surface area contributed by atoms with Crippen molar-refractivity contribution in [2.24, 2.45) is 5.92 Å². The van der Waals surface area contributed by atoms with Gasteiger partial charge in [0.2, 0.25) is 5.91 Å². The molecule has 0 aromatic rings. The van der Waals surface area contributed by atoms with Crippen LogP contribution in [0.3, 0.4) is 0 Å². The van der Waals surface area contributed by atoms with Gasteiger partial charge in [0, 0.05) is 25.7 Å². The second-order valence-electron chi connectivity index (χ2n) is 9.64. The van der Waals surface area contributed by atoms with Crippen LogP contribution < -0.4 is 5.32 Å². The summed E-state index contributed by atoms with van der Waals surface area (Å²) in [5, 5.41) is 20.3. The van der Waals surface area contributed by atoms with Crippen LogP contribution >= 0.6 is 0 Å². The van der Waals surface area contributed by atoms with Crippen LogP contribution in [-0.2, 0) is 24.0 Å². The summed E-state index contributed by atoms with van der Waals surface area (Å²) in [6.07, 6.45) is 16.3. The monoisotopic (exact) mass is 497 g/mol. The maximum Gasteiger partial charge on any atom is 0.306 e. The maximum atomic E-state index is 12.1. The van der Waals surface area contributed by atoms with E-state index in [2.05, 4.69) is 5.32 Å². The van der Waals surface area contributed by atoms with Crippen LogP contribution in [0.15, 0.2) is 0 Å². The quantitative estimate of drug-likeness (QED) is 0.142. The molecule has 0 aliphatic heterocycles. The van der Waals surface area contributed by atoms with Gasteiger partial charge in [0.1, 0.15) is 11.6 Å². The Kier molecular flexibility index (Phi) is 20.8.